The number of anilines is 1. The number of β-amino-alcohol motifs (C(OH)–C–C–N with tert-alkyl or cyclic N) is 1. The third kappa shape index (κ3) is 5.21. The standard InChI is InChI=1S/C35H46F2N4O3/c1-30(2,43)22-40-16-8-24(9-17-40)25-6-5-7-26(18-25)41(29(42)34-19-35(37,20-34)21-34)23-32-10-13-33(14-11-32,15-12-32)27-38-28(44-39-27)31(3,4)36/h5-8,18,43H,9-17,19-23H2,1-4H3. The Morgan fingerprint density at radius 1 is 1.09 bits per heavy atom. The van der Waals surface area contributed by atoms with Crippen molar-refractivity contribution >= 4 is 17.2 Å². The van der Waals surface area contributed by atoms with Crippen molar-refractivity contribution in [2.45, 2.75) is 114 Å². The highest BCUT2D eigenvalue weighted by molar-refractivity contribution is 6.00. The van der Waals surface area contributed by atoms with E-state index in [2.05, 4.69) is 33.2 Å². The third-order valence-electron chi connectivity index (χ3n) is 11.4. The van der Waals surface area contributed by atoms with Crippen molar-refractivity contribution in [1.82, 2.24) is 15.0 Å². The Bertz CT molecular complexity index is 1440. The second-order valence-electron chi connectivity index (χ2n) is 16.1. The Morgan fingerprint density at radius 3 is 2.32 bits per heavy atom. The van der Waals surface area contributed by atoms with Crippen LogP contribution in [-0.2, 0) is 15.9 Å². The van der Waals surface area contributed by atoms with Gasteiger partial charge in [-0.15, -0.1) is 0 Å². The first-order valence-electron chi connectivity index (χ1n) is 16.4. The van der Waals surface area contributed by atoms with Gasteiger partial charge in [0.1, 0.15) is 5.67 Å². The van der Waals surface area contributed by atoms with Gasteiger partial charge in [0, 0.05) is 37.3 Å². The highest BCUT2D eigenvalue weighted by Gasteiger charge is 2.73. The summed E-state index contributed by atoms with van der Waals surface area (Å²) in [6.45, 7) is 9.45. The van der Waals surface area contributed by atoms with E-state index in [0.717, 1.165) is 69.3 Å². The maximum atomic E-state index is 14.6. The molecular formula is C35H46F2N4O3. The molecule has 1 aromatic carbocycles. The number of halogens is 2. The number of aromatic nitrogens is 2. The molecule has 6 saturated carbocycles. The van der Waals surface area contributed by atoms with Gasteiger partial charge in [0.15, 0.2) is 11.5 Å². The van der Waals surface area contributed by atoms with Crippen LogP contribution in [0, 0.1) is 10.8 Å². The van der Waals surface area contributed by atoms with Crippen molar-refractivity contribution in [2.24, 2.45) is 10.8 Å². The lowest BCUT2D eigenvalue weighted by atomic mass is 9.41. The lowest BCUT2D eigenvalue weighted by Crippen LogP contribution is -2.71. The molecular weight excluding hydrogens is 562 g/mol. The molecule has 4 bridgehead atoms. The quantitative estimate of drug-likeness (QED) is 0.343. The summed E-state index contributed by atoms with van der Waals surface area (Å²) in [5.41, 5.74) is -1.07. The molecule has 0 saturated heterocycles. The molecule has 44 heavy (non-hydrogen) atoms. The molecule has 9 rings (SSSR count). The number of carbonyl (C=O) groups excluding carboxylic acids is 1. The lowest BCUT2D eigenvalue weighted by Gasteiger charge is -2.65. The fourth-order valence-electron chi connectivity index (χ4n) is 8.85. The third-order valence-corrected chi connectivity index (χ3v) is 11.4. The van der Waals surface area contributed by atoms with Crippen LogP contribution in [0.15, 0.2) is 34.9 Å². The molecule has 1 aromatic heterocycles. The number of hydrogen-bond acceptors (Lipinski definition) is 6. The number of benzene rings is 1. The molecule has 9 heteroatoms. The molecule has 1 amide bonds. The molecule has 0 atom stereocenters. The van der Waals surface area contributed by atoms with Gasteiger partial charge >= 0.3 is 0 Å². The summed E-state index contributed by atoms with van der Waals surface area (Å²) in [4.78, 5) is 23.0. The van der Waals surface area contributed by atoms with Crippen LogP contribution in [0.5, 0.6) is 0 Å². The van der Waals surface area contributed by atoms with Gasteiger partial charge in [0.25, 0.3) is 5.89 Å². The molecule has 1 aliphatic heterocycles. The van der Waals surface area contributed by atoms with Gasteiger partial charge < -0.3 is 14.5 Å². The zero-order chi connectivity index (χ0) is 31.2. The second kappa shape index (κ2) is 9.92. The van der Waals surface area contributed by atoms with Gasteiger partial charge in [-0.1, -0.05) is 23.4 Å². The molecule has 7 nitrogen and oxygen atoms in total. The smallest absolute Gasteiger partial charge is 0.263 e. The summed E-state index contributed by atoms with van der Waals surface area (Å²) in [5.74, 6) is 0.729. The largest absolute Gasteiger partial charge is 0.389 e. The summed E-state index contributed by atoms with van der Waals surface area (Å²) < 4.78 is 34.4. The predicted molar refractivity (Wildman–Crippen MR) is 164 cm³/mol. The Kier molecular flexibility index (Phi) is 6.77. The molecule has 2 aromatic rings. The topological polar surface area (TPSA) is 82.7 Å². The number of alkyl halides is 2. The fourth-order valence-corrected chi connectivity index (χ4v) is 8.85. The maximum Gasteiger partial charge on any atom is 0.263 e. The van der Waals surface area contributed by atoms with Crippen LogP contribution in [0.1, 0.15) is 109 Å². The average molecular weight is 609 g/mol. The van der Waals surface area contributed by atoms with E-state index >= 15 is 0 Å². The van der Waals surface area contributed by atoms with Crippen LogP contribution >= 0.6 is 0 Å². The van der Waals surface area contributed by atoms with Crippen molar-refractivity contribution in [3.63, 3.8) is 0 Å². The Labute approximate surface area is 259 Å². The zero-order valence-electron chi connectivity index (χ0n) is 26.6. The molecule has 0 spiro atoms. The van der Waals surface area contributed by atoms with E-state index in [1.165, 1.54) is 19.4 Å². The minimum absolute atomic E-state index is 0.0298. The van der Waals surface area contributed by atoms with Crippen molar-refractivity contribution < 1.29 is 23.2 Å². The number of amides is 1. The monoisotopic (exact) mass is 608 g/mol. The summed E-state index contributed by atoms with van der Waals surface area (Å²) in [6.07, 6.45) is 9.60. The lowest BCUT2D eigenvalue weighted by molar-refractivity contribution is -0.211. The minimum atomic E-state index is -1.67. The normalized spacial score (nSPS) is 33.4. The van der Waals surface area contributed by atoms with Crippen molar-refractivity contribution in [3.05, 3.63) is 47.6 Å². The number of hydrogen-bond donors (Lipinski definition) is 1. The number of aliphatic hydroxyl groups is 1. The first-order valence-corrected chi connectivity index (χ1v) is 16.4. The maximum absolute atomic E-state index is 14.6. The summed E-state index contributed by atoms with van der Waals surface area (Å²) in [5, 5.41) is 14.5. The van der Waals surface area contributed by atoms with E-state index in [9.17, 15) is 18.7 Å². The first-order chi connectivity index (χ1) is 20.6. The predicted octanol–water partition coefficient (Wildman–Crippen LogP) is 6.65. The fraction of sp³-hybridized carbons (Fsp3) is 0.686. The molecule has 6 fully saturated rings. The van der Waals surface area contributed by atoms with Gasteiger partial charge in [0.2, 0.25) is 5.91 Å². The second-order valence-corrected chi connectivity index (χ2v) is 16.1. The SMILES string of the molecule is CC(C)(O)CN1CC=C(c2cccc(N(CC34CCC(c5noc(C(C)(C)F)n5)(CC3)CC4)C(=O)C34CC(F)(C3)C4)c2)CC1. The van der Waals surface area contributed by atoms with E-state index < -0.39 is 22.4 Å². The Hall–Kier alpha value is -2.65. The molecule has 0 radical (unpaired) electrons. The number of fused-ring (bicyclic) bond motifs is 3. The van der Waals surface area contributed by atoms with Gasteiger partial charge in [-0.3, -0.25) is 9.69 Å². The summed E-state index contributed by atoms with van der Waals surface area (Å²) in [7, 11) is 0. The summed E-state index contributed by atoms with van der Waals surface area (Å²) >= 11 is 0. The minimum Gasteiger partial charge on any atom is -0.389 e. The van der Waals surface area contributed by atoms with Crippen LogP contribution in [0.25, 0.3) is 5.57 Å². The van der Waals surface area contributed by atoms with E-state index in [4.69, 9.17) is 4.52 Å². The van der Waals surface area contributed by atoms with Gasteiger partial charge in [-0.05, 0) is 121 Å². The Morgan fingerprint density at radius 2 is 1.77 bits per heavy atom. The van der Waals surface area contributed by atoms with E-state index in [1.807, 2.05) is 30.9 Å². The number of nitrogens with zero attached hydrogens (tertiary/aromatic N) is 4. The molecule has 238 valence electrons. The summed E-state index contributed by atoms with van der Waals surface area (Å²) in [6, 6.07) is 8.34. The van der Waals surface area contributed by atoms with Crippen LogP contribution < -0.4 is 4.90 Å². The highest BCUT2D eigenvalue weighted by Crippen LogP contribution is 2.70. The van der Waals surface area contributed by atoms with E-state index in [1.54, 1.807) is 0 Å². The zero-order valence-corrected chi connectivity index (χ0v) is 26.6. The molecule has 7 aliphatic rings. The van der Waals surface area contributed by atoms with Gasteiger partial charge in [-0.25, -0.2) is 8.78 Å². The average Bonchev–Trinajstić information content (AvgIpc) is 3.47. The van der Waals surface area contributed by atoms with Crippen LogP contribution in [0.2, 0.25) is 0 Å². The van der Waals surface area contributed by atoms with E-state index in [-0.39, 0.29) is 22.6 Å². The molecule has 1 N–H and O–H groups in total. The number of rotatable bonds is 9. The van der Waals surface area contributed by atoms with Gasteiger partial charge in [-0.2, -0.15) is 4.98 Å². The highest BCUT2D eigenvalue weighted by atomic mass is 19.1. The van der Waals surface area contributed by atoms with Crippen LogP contribution in [-0.4, -0.2) is 63.5 Å². The Balaban J connectivity index is 1.12. The molecule has 6 aliphatic carbocycles. The van der Waals surface area contributed by atoms with E-state index in [0.29, 0.717) is 38.2 Å². The van der Waals surface area contributed by atoms with Gasteiger partial charge in [0.05, 0.1) is 11.0 Å². The van der Waals surface area contributed by atoms with Crippen molar-refractivity contribution in [1.29, 1.82) is 0 Å². The van der Waals surface area contributed by atoms with Crippen molar-refractivity contribution in [3.8, 4) is 0 Å². The van der Waals surface area contributed by atoms with Crippen LogP contribution in [0.4, 0.5) is 14.5 Å². The molecule has 0 unspecified atom stereocenters. The van der Waals surface area contributed by atoms with Crippen molar-refractivity contribution in [2.75, 3.05) is 31.1 Å². The van der Waals surface area contributed by atoms with Crippen LogP contribution in [0.3, 0.4) is 0 Å². The first kappa shape index (κ1) is 30.0. The number of carbonyl (C=O) groups is 1. The molecule has 2 heterocycles.